The van der Waals surface area contributed by atoms with Crippen molar-refractivity contribution in [1.82, 2.24) is 0 Å². The molecule has 3 nitrogen and oxygen atoms in total. The maximum atomic E-state index is 13.7. The number of hydrogen-bond donors (Lipinski definition) is 2. The summed E-state index contributed by atoms with van der Waals surface area (Å²) in [6.07, 6.45) is 2.00. The Labute approximate surface area is 111 Å². The highest BCUT2D eigenvalue weighted by Gasteiger charge is 2.12. The molecule has 2 aromatic rings. The van der Waals surface area contributed by atoms with E-state index in [2.05, 4.69) is 5.32 Å². The van der Waals surface area contributed by atoms with E-state index in [0.717, 1.165) is 36.4 Å². The highest BCUT2D eigenvalue weighted by atomic mass is 19.1. The third-order valence-electron chi connectivity index (χ3n) is 3.22. The predicted octanol–water partition coefficient (Wildman–Crippen LogP) is 3.48. The molecule has 1 aliphatic heterocycles. The highest BCUT2D eigenvalue weighted by Crippen LogP contribution is 2.31. The highest BCUT2D eigenvalue weighted by molar-refractivity contribution is 5.73. The maximum Gasteiger partial charge on any atom is 0.148 e. The van der Waals surface area contributed by atoms with Gasteiger partial charge >= 0.3 is 0 Å². The Morgan fingerprint density at radius 3 is 2.95 bits per heavy atom. The molecule has 1 aliphatic rings. The number of aryl methyl sites for hydroxylation is 1. The number of nitrogens with two attached hydrogens (primary N) is 1. The van der Waals surface area contributed by atoms with Gasteiger partial charge in [0.25, 0.3) is 0 Å². The fraction of sp³-hybridized carbons (Fsp3) is 0.200. The SMILES string of the molecule is Nc1cccc(F)c1Nc1ccc2c(c1)CCCO2. The molecule has 0 aliphatic carbocycles. The fourth-order valence-electron chi connectivity index (χ4n) is 2.26. The zero-order valence-corrected chi connectivity index (χ0v) is 10.4. The number of nitrogens with one attached hydrogen (secondary N) is 1. The zero-order chi connectivity index (χ0) is 13.2. The molecule has 3 N–H and O–H groups in total. The first-order valence-electron chi connectivity index (χ1n) is 6.31. The van der Waals surface area contributed by atoms with Crippen molar-refractivity contribution >= 4 is 17.1 Å². The molecule has 0 unspecified atom stereocenters. The normalized spacial score (nSPS) is 13.5. The van der Waals surface area contributed by atoms with E-state index in [1.165, 1.54) is 6.07 Å². The van der Waals surface area contributed by atoms with E-state index in [1.54, 1.807) is 12.1 Å². The van der Waals surface area contributed by atoms with Crippen molar-refractivity contribution in [3.8, 4) is 5.75 Å². The van der Waals surface area contributed by atoms with Crippen molar-refractivity contribution in [3.05, 3.63) is 47.8 Å². The van der Waals surface area contributed by atoms with Crippen molar-refractivity contribution < 1.29 is 9.13 Å². The van der Waals surface area contributed by atoms with Crippen molar-refractivity contribution in [1.29, 1.82) is 0 Å². The molecule has 0 saturated heterocycles. The van der Waals surface area contributed by atoms with E-state index >= 15 is 0 Å². The summed E-state index contributed by atoms with van der Waals surface area (Å²) < 4.78 is 19.3. The van der Waals surface area contributed by atoms with Crippen molar-refractivity contribution in [2.24, 2.45) is 0 Å². The van der Waals surface area contributed by atoms with Crippen LogP contribution in [0, 0.1) is 5.82 Å². The van der Waals surface area contributed by atoms with Crippen molar-refractivity contribution in [2.45, 2.75) is 12.8 Å². The van der Waals surface area contributed by atoms with Crippen LogP contribution in [0.4, 0.5) is 21.5 Å². The summed E-state index contributed by atoms with van der Waals surface area (Å²) in [6, 6.07) is 10.4. The summed E-state index contributed by atoms with van der Waals surface area (Å²) in [5, 5.41) is 3.04. The van der Waals surface area contributed by atoms with Crippen molar-refractivity contribution in [2.75, 3.05) is 17.7 Å². The van der Waals surface area contributed by atoms with Gasteiger partial charge in [-0.15, -0.1) is 0 Å². The van der Waals surface area contributed by atoms with Crippen LogP contribution >= 0.6 is 0 Å². The van der Waals surface area contributed by atoms with Crippen LogP contribution in [0.2, 0.25) is 0 Å². The summed E-state index contributed by atoms with van der Waals surface area (Å²) >= 11 is 0. The van der Waals surface area contributed by atoms with Crippen LogP contribution in [0.25, 0.3) is 0 Å². The number of hydrogen-bond acceptors (Lipinski definition) is 3. The van der Waals surface area contributed by atoms with Gasteiger partial charge < -0.3 is 15.8 Å². The second-order valence-electron chi connectivity index (χ2n) is 4.60. The predicted molar refractivity (Wildman–Crippen MR) is 74.4 cm³/mol. The summed E-state index contributed by atoms with van der Waals surface area (Å²) in [4.78, 5) is 0. The third kappa shape index (κ3) is 2.34. The van der Waals surface area contributed by atoms with Crippen LogP contribution in [0.1, 0.15) is 12.0 Å². The Morgan fingerprint density at radius 2 is 2.11 bits per heavy atom. The first-order valence-corrected chi connectivity index (χ1v) is 6.31. The van der Waals surface area contributed by atoms with E-state index in [1.807, 2.05) is 18.2 Å². The van der Waals surface area contributed by atoms with E-state index in [9.17, 15) is 4.39 Å². The average molecular weight is 258 g/mol. The van der Waals surface area contributed by atoms with Crippen LogP contribution in [0.3, 0.4) is 0 Å². The molecule has 0 aromatic heterocycles. The zero-order valence-electron chi connectivity index (χ0n) is 10.4. The number of anilines is 3. The Kier molecular flexibility index (Phi) is 2.99. The number of ether oxygens (including phenoxy) is 1. The van der Waals surface area contributed by atoms with Gasteiger partial charge in [-0.1, -0.05) is 6.07 Å². The average Bonchev–Trinajstić information content (AvgIpc) is 2.43. The summed E-state index contributed by atoms with van der Waals surface area (Å²) in [5.41, 5.74) is 8.46. The first-order chi connectivity index (χ1) is 9.24. The Bertz CT molecular complexity index is 593. The van der Waals surface area contributed by atoms with Crippen LogP contribution in [0.15, 0.2) is 36.4 Å². The smallest absolute Gasteiger partial charge is 0.148 e. The minimum absolute atomic E-state index is 0.319. The van der Waals surface area contributed by atoms with Gasteiger partial charge in [0, 0.05) is 5.69 Å². The quantitative estimate of drug-likeness (QED) is 0.811. The number of para-hydroxylation sites is 1. The van der Waals surface area contributed by atoms with E-state index < -0.39 is 0 Å². The fourth-order valence-corrected chi connectivity index (χ4v) is 2.26. The minimum Gasteiger partial charge on any atom is -0.493 e. The van der Waals surface area contributed by atoms with E-state index in [4.69, 9.17) is 10.5 Å². The molecule has 0 atom stereocenters. The molecule has 0 amide bonds. The van der Waals surface area contributed by atoms with Crippen LogP contribution < -0.4 is 15.8 Å². The molecule has 0 bridgehead atoms. The molecule has 0 fully saturated rings. The number of rotatable bonds is 2. The monoisotopic (exact) mass is 258 g/mol. The van der Waals surface area contributed by atoms with Gasteiger partial charge in [0.2, 0.25) is 0 Å². The molecule has 0 spiro atoms. The Morgan fingerprint density at radius 1 is 1.21 bits per heavy atom. The lowest BCUT2D eigenvalue weighted by Crippen LogP contribution is -2.08. The largest absolute Gasteiger partial charge is 0.493 e. The van der Waals surface area contributed by atoms with Gasteiger partial charge in [-0.25, -0.2) is 4.39 Å². The van der Waals surface area contributed by atoms with Gasteiger partial charge in [0.1, 0.15) is 11.6 Å². The number of nitrogen functional groups attached to an aromatic ring is 1. The molecule has 1 heterocycles. The lowest BCUT2D eigenvalue weighted by Gasteiger charge is -2.18. The van der Waals surface area contributed by atoms with Crippen LogP contribution in [-0.2, 0) is 6.42 Å². The molecule has 19 heavy (non-hydrogen) atoms. The lowest BCUT2D eigenvalue weighted by atomic mass is 10.1. The van der Waals surface area contributed by atoms with Crippen molar-refractivity contribution in [3.63, 3.8) is 0 Å². The number of benzene rings is 2. The Hall–Kier alpha value is -2.23. The summed E-state index contributed by atoms with van der Waals surface area (Å²) in [6.45, 7) is 0.764. The first kappa shape index (κ1) is 11.8. The summed E-state index contributed by atoms with van der Waals surface area (Å²) in [7, 11) is 0. The number of fused-ring (bicyclic) bond motifs is 1. The van der Waals surface area contributed by atoms with E-state index in [-0.39, 0.29) is 5.82 Å². The van der Waals surface area contributed by atoms with Gasteiger partial charge in [-0.2, -0.15) is 0 Å². The van der Waals surface area contributed by atoms with E-state index in [0.29, 0.717) is 11.4 Å². The second-order valence-corrected chi connectivity index (χ2v) is 4.60. The maximum absolute atomic E-state index is 13.7. The molecule has 98 valence electrons. The third-order valence-corrected chi connectivity index (χ3v) is 3.22. The van der Waals surface area contributed by atoms with Gasteiger partial charge in [0.15, 0.2) is 0 Å². The van der Waals surface area contributed by atoms with Crippen LogP contribution in [-0.4, -0.2) is 6.61 Å². The topological polar surface area (TPSA) is 47.3 Å². The molecule has 0 saturated carbocycles. The Balaban J connectivity index is 1.91. The van der Waals surface area contributed by atoms with Gasteiger partial charge in [-0.3, -0.25) is 0 Å². The molecular formula is C15H15FN2O. The standard InChI is InChI=1S/C15H15FN2O/c16-12-4-1-5-13(17)15(12)18-11-6-7-14-10(9-11)3-2-8-19-14/h1,4-7,9,18H,2-3,8,17H2. The summed E-state index contributed by atoms with van der Waals surface area (Å²) in [5.74, 6) is 0.562. The molecule has 0 radical (unpaired) electrons. The van der Waals surface area contributed by atoms with Crippen LogP contribution in [0.5, 0.6) is 5.75 Å². The lowest BCUT2D eigenvalue weighted by molar-refractivity contribution is 0.288. The molecular weight excluding hydrogens is 243 g/mol. The molecule has 4 heteroatoms. The number of halogens is 1. The second kappa shape index (κ2) is 4.80. The minimum atomic E-state index is -0.353. The van der Waals surface area contributed by atoms with Gasteiger partial charge in [0.05, 0.1) is 18.0 Å². The van der Waals surface area contributed by atoms with Gasteiger partial charge in [-0.05, 0) is 48.7 Å². The molecule has 3 rings (SSSR count). The molecule has 2 aromatic carbocycles.